The van der Waals surface area contributed by atoms with Crippen molar-refractivity contribution in [1.82, 2.24) is 4.90 Å². The maximum Gasteiger partial charge on any atom is 0.344 e. The minimum absolute atomic E-state index is 0.214. The smallest absolute Gasteiger partial charge is 0.344 e. The SMILES string of the molecule is COc1cc(/C=C2\SC(=O)N(Cc3ccccc3)C2=O)ccc1O[C@@H](C)C(=O)O. The Kier molecular flexibility index (Phi) is 6.23. The van der Waals surface area contributed by atoms with E-state index in [9.17, 15) is 14.4 Å². The second-order valence-corrected chi connectivity index (χ2v) is 7.26. The summed E-state index contributed by atoms with van der Waals surface area (Å²) in [6.45, 7) is 1.63. The summed E-state index contributed by atoms with van der Waals surface area (Å²) in [4.78, 5) is 37.4. The fraction of sp³-hybridized carbons (Fsp3) is 0.190. The van der Waals surface area contributed by atoms with Crippen LogP contribution in [0.15, 0.2) is 53.4 Å². The quantitative estimate of drug-likeness (QED) is 0.691. The highest BCUT2D eigenvalue weighted by Gasteiger charge is 2.35. The number of thioether (sulfide) groups is 1. The monoisotopic (exact) mass is 413 g/mol. The van der Waals surface area contributed by atoms with Crippen molar-refractivity contribution in [2.75, 3.05) is 7.11 Å². The molecule has 0 aromatic heterocycles. The number of benzene rings is 2. The molecule has 8 heteroatoms. The number of rotatable bonds is 7. The number of hydrogen-bond donors (Lipinski definition) is 1. The zero-order valence-electron chi connectivity index (χ0n) is 15.8. The standard InChI is InChI=1S/C21H19NO6S/c1-13(20(24)25)28-16-9-8-15(10-17(16)27-2)11-18-19(23)22(21(26)29-18)12-14-6-4-3-5-7-14/h3-11,13H,12H2,1-2H3,(H,24,25)/b18-11-/t13-/m0/s1. The molecule has 2 aromatic carbocycles. The first-order valence-corrected chi connectivity index (χ1v) is 9.57. The van der Waals surface area contributed by atoms with Gasteiger partial charge in [-0.2, -0.15) is 0 Å². The molecule has 2 amide bonds. The van der Waals surface area contributed by atoms with Crippen molar-refractivity contribution in [3.8, 4) is 11.5 Å². The highest BCUT2D eigenvalue weighted by atomic mass is 32.2. The Hall–Kier alpha value is -3.26. The number of imide groups is 1. The Morgan fingerprint density at radius 2 is 1.90 bits per heavy atom. The first-order valence-electron chi connectivity index (χ1n) is 8.76. The van der Waals surface area contributed by atoms with Crippen molar-refractivity contribution < 1.29 is 29.0 Å². The lowest BCUT2D eigenvalue weighted by Gasteiger charge is -2.14. The lowest BCUT2D eigenvalue weighted by molar-refractivity contribution is -0.144. The highest BCUT2D eigenvalue weighted by Crippen LogP contribution is 2.35. The third-order valence-corrected chi connectivity index (χ3v) is 5.10. The van der Waals surface area contributed by atoms with Gasteiger partial charge in [-0.25, -0.2) is 4.79 Å². The molecular formula is C21H19NO6S. The second-order valence-electron chi connectivity index (χ2n) is 6.26. The lowest BCUT2D eigenvalue weighted by atomic mass is 10.1. The molecule has 1 aliphatic heterocycles. The van der Waals surface area contributed by atoms with E-state index >= 15 is 0 Å². The van der Waals surface area contributed by atoms with Gasteiger partial charge in [-0.15, -0.1) is 0 Å². The Labute approximate surface area is 171 Å². The predicted octanol–water partition coefficient (Wildman–Crippen LogP) is 3.78. The van der Waals surface area contributed by atoms with E-state index in [2.05, 4.69) is 0 Å². The molecule has 0 unspecified atom stereocenters. The molecule has 0 spiro atoms. The molecule has 0 bridgehead atoms. The molecule has 1 aliphatic rings. The van der Waals surface area contributed by atoms with Crippen LogP contribution in [0.4, 0.5) is 4.79 Å². The van der Waals surface area contributed by atoms with Gasteiger partial charge in [0.25, 0.3) is 11.1 Å². The molecular weight excluding hydrogens is 394 g/mol. The molecule has 0 aliphatic carbocycles. The lowest BCUT2D eigenvalue weighted by Crippen LogP contribution is -2.27. The van der Waals surface area contributed by atoms with E-state index in [1.807, 2.05) is 30.3 Å². The third-order valence-electron chi connectivity index (χ3n) is 4.19. The van der Waals surface area contributed by atoms with E-state index < -0.39 is 12.1 Å². The molecule has 3 rings (SSSR count). The summed E-state index contributed by atoms with van der Waals surface area (Å²) in [5.41, 5.74) is 1.49. The minimum atomic E-state index is -1.09. The van der Waals surface area contributed by atoms with Gasteiger partial charge in [0.1, 0.15) is 0 Å². The van der Waals surface area contributed by atoms with Crippen LogP contribution in [-0.4, -0.2) is 40.3 Å². The van der Waals surface area contributed by atoms with Crippen molar-refractivity contribution in [2.45, 2.75) is 19.6 Å². The number of carbonyl (C=O) groups excluding carboxylic acids is 2. The largest absolute Gasteiger partial charge is 0.493 e. The maximum atomic E-state index is 12.7. The van der Waals surface area contributed by atoms with Gasteiger partial charge in [-0.1, -0.05) is 36.4 Å². The first-order chi connectivity index (χ1) is 13.9. The number of carboxylic acid groups (broad SMARTS) is 1. The summed E-state index contributed by atoms with van der Waals surface area (Å²) in [7, 11) is 1.44. The summed E-state index contributed by atoms with van der Waals surface area (Å²) in [5, 5.41) is 8.66. The van der Waals surface area contributed by atoms with Gasteiger partial charge in [0.05, 0.1) is 18.6 Å². The summed E-state index contributed by atoms with van der Waals surface area (Å²) < 4.78 is 10.6. The van der Waals surface area contributed by atoms with Crippen LogP contribution < -0.4 is 9.47 Å². The Morgan fingerprint density at radius 1 is 1.17 bits per heavy atom. The van der Waals surface area contributed by atoms with Crippen molar-refractivity contribution >= 4 is 35.0 Å². The van der Waals surface area contributed by atoms with Crippen molar-refractivity contribution in [3.63, 3.8) is 0 Å². The number of ether oxygens (including phenoxy) is 2. The van der Waals surface area contributed by atoms with Crippen LogP contribution in [0.1, 0.15) is 18.1 Å². The van der Waals surface area contributed by atoms with Crippen molar-refractivity contribution in [3.05, 3.63) is 64.6 Å². The van der Waals surface area contributed by atoms with Gasteiger partial charge in [-0.05, 0) is 48.0 Å². The van der Waals surface area contributed by atoms with Crippen LogP contribution in [0.3, 0.4) is 0 Å². The number of amides is 2. The number of carbonyl (C=O) groups is 3. The summed E-state index contributed by atoms with van der Waals surface area (Å²) >= 11 is 0.877. The van der Waals surface area contributed by atoms with Gasteiger partial charge in [0.2, 0.25) is 0 Å². The molecule has 0 saturated carbocycles. The van der Waals surface area contributed by atoms with Crippen LogP contribution in [-0.2, 0) is 16.1 Å². The van der Waals surface area contributed by atoms with Crippen LogP contribution >= 0.6 is 11.8 Å². The Balaban J connectivity index is 1.80. The summed E-state index contributed by atoms with van der Waals surface area (Å²) in [6, 6.07) is 14.1. The van der Waals surface area contributed by atoms with Gasteiger partial charge in [-0.3, -0.25) is 14.5 Å². The average Bonchev–Trinajstić information content (AvgIpc) is 2.97. The Bertz CT molecular complexity index is 972. The van der Waals surface area contributed by atoms with Crippen LogP contribution in [0.2, 0.25) is 0 Å². The fourth-order valence-corrected chi connectivity index (χ4v) is 3.50. The molecule has 0 radical (unpaired) electrons. The second kappa shape index (κ2) is 8.83. The van der Waals surface area contributed by atoms with E-state index in [1.54, 1.807) is 24.3 Å². The first kappa shape index (κ1) is 20.5. The molecule has 1 N–H and O–H groups in total. The molecule has 150 valence electrons. The van der Waals surface area contributed by atoms with Gasteiger partial charge in [0.15, 0.2) is 17.6 Å². The van der Waals surface area contributed by atoms with E-state index in [1.165, 1.54) is 18.9 Å². The molecule has 1 fully saturated rings. The third kappa shape index (κ3) is 4.78. The summed E-state index contributed by atoms with van der Waals surface area (Å²) in [5.74, 6) is -0.849. The fourth-order valence-electron chi connectivity index (χ4n) is 2.67. The predicted molar refractivity (Wildman–Crippen MR) is 109 cm³/mol. The molecule has 1 saturated heterocycles. The number of carboxylic acids is 1. The number of aliphatic carboxylic acids is 1. The van der Waals surface area contributed by atoms with Crippen LogP contribution in [0.5, 0.6) is 11.5 Å². The molecule has 2 aromatic rings. The van der Waals surface area contributed by atoms with Crippen molar-refractivity contribution in [2.24, 2.45) is 0 Å². The van der Waals surface area contributed by atoms with E-state index in [0.717, 1.165) is 17.3 Å². The summed E-state index contributed by atoms with van der Waals surface area (Å²) in [6.07, 6.45) is 0.562. The molecule has 29 heavy (non-hydrogen) atoms. The van der Waals surface area contributed by atoms with Crippen molar-refractivity contribution in [1.29, 1.82) is 0 Å². The van der Waals surface area contributed by atoms with E-state index in [4.69, 9.17) is 14.6 Å². The van der Waals surface area contributed by atoms with Crippen LogP contribution in [0.25, 0.3) is 6.08 Å². The molecule has 1 heterocycles. The Morgan fingerprint density at radius 3 is 2.55 bits per heavy atom. The van der Waals surface area contributed by atoms with Crippen LogP contribution in [0, 0.1) is 0 Å². The number of nitrogens with zero attached hydrogens (tertiary/aromatic N) is 1. The van der Waals surface area contributed by atoms with Gasteiger partial charge < -0.3 is 14.6 Å². The number of methoxy groups -OCH3 is 1. The van der Waals surface area contributed by atoms with Gasteiger partial charge in [0, 0.05) is 0 Å². The highest BCUT2D eigenvalue weighted by molar-refractivity contribution is 8.18. The van der Waals surface area contributed by atoms with Gasteiger partial charge >= 0.3 is 5.97 Å². The van der Waals surface area contributed by atoms with E-state index in [0.29, 0.717) is 16.2 Å². The topological polar surface area (TPSA) is 93.1 Å². The van der Waals surface area contributed by atoms with E-state index in [-0.39, 0.29) is 23.4 Å². The zero-order valence-corrected chi connectivity index (χ0v) is 16.6. The normalized spacial score (nSPS) is 16.2. The zero-order chi connectivity index (χ0) is 21.0. The number of hydrogen-bond acceptors (Lipinski definition) is 6. The average molecular weight is 413 g/mol. The molecule has 1 atom stereocenters. The maximum absolute atomic E-state index is 12.7. The molecule has 7 nitrogen and oxygen atoms in total. The minimum Gasteiger partial charge on any atom is -0.493 e.